The van der Waals surface area contributed by atoms with Gasteiger partial charge in [-0.3, -0.25) is 0 Å². The molecule has 0 aliphatic rings. The summed E-state index contributed by atoms with van der Waals surface area (Å²) in [7, 11) is 0. The quantitative estimate of drug-likeness (QED) is 0.908. The Hall–Kier alpha value is -0.580. The lowest BCUT2D eigenvalue weighted by molar-refractivity contribution is 0.192. The molecule has 2 rings (SSSR count). The smallest absolute Gasteiger partial charge is 0.151 e. The molecule has 1 atom stereocenters. The average molecular weight is 273 g/mol. The van der Waals surface area contributed by atoms with Gasteiger partial charge in [0.25, 0.3) is 0 Å². The fourth-order valence-corrected chi connectivity index (χ4v) is 2.51. The Morgan fingerprint density at radius 2 is 2.21 bits per heavy atom. The van der Waals surface area contributed by atoms with Crippen molar-refractivity contribution in [2.24, 2.45) is 0 Å². The number of hydrogen-bond acceptors (Lipinski definition) is 3. The van der Waals surface area contributed by atoms with Crippen LogP contribution in [-0.2, 0) is 0 Å². The lowest BCUT2D eigenvalue weighted by Crippen LogP contribution is -1.95. The molecule has 0 radical (unpaired) electrons. The third-order valence-corrected chi connectivity index (χ3v) is 3.63. The van der Waals surface area contributed by atoms with Crippen LogP contribution in [0.5, 0.6) is 0 Å². The van der Waals surface area contributed by atoms with Gasteiger partial charge in [0.1, 0.15) is 6.10 Å². The number of aryl methyl sites for hydroxylation is 1. The van der Waals surface area contributed by atoms with Gasteiger partial charge in [-0.15, -0.1) is 11.3 Å². The van der Waals surface area contributed by atoms with Crippen LogP contribution in [0.15, 0.2) is 33.4 Å². The summed E-state index contributed by atoms with van der Waals surface area (Å²) >= 11 is 4.89. The Kier molecular flexibility index (Phi) is 2.76. The Bertz CT molecular complexity index is 433. The highest BCUT2D eigenvalue weighted by molar-refractivity contribution is 9.10. The molecule has 0 saturated carbocycles. The van der Waals surface area contributed by atoms with Gasteiger partial charge in [0, 0.05) is 9.75 Å². The van der Waals surface area contributed by atoms with E-state index in [4.69, 9.17) is 4.42 Å². The Morgan fingerprint density at radius 1 is 1.43 bits per heavy atom. The molecule has 0 aliphatic carbocycles. The molecule has 2 aromatic heterocycles. The molecule has 0 amide bonds. The SMILES string of the molecule is Cc1ccc(C(O)c2occc2Br)s1. The molecule has 4 heteroatoms. The molecule has 2 nitrogen and oxygen atoms in total. The summed E-state index contributed by atoms with van der Waals surface area (Å²) in [6.07, 6.45) is 0.890. The molecule has 0 bridgehead atoms. The summed E-state index contributed by atoms with van der Waals surface area (Å²) in [5.74, 6) is 0.562. The van der Waals surface area contributed by atoms with E-state index in [9.17, 15) is 5.11 Å². The van der Waals surface area contributed by atoms with Crippen molar-refractivity contribution in [3.05, 3.63) is 44.4 Å². The Balaban J connectivity index is 2.33. The van der Waals surface area contributed by atoms with Crippen LogP contribution in [0.25, 0.3) is 0 Å². The number of rotatable bonds is 2. The number of halogens is 1. The zero-order valence-corrected chi connectivity index (χ0v) is 9.93. The van der Waals surface area contributed by atoms with E-state index < -0.39 is 6.10 Å². The first-order valence-corrected chi connectivity index (χ1v) is 5.76. The summed E-state index contributed by atoms with van der Waals surface area (Å²) in [5.41, 5.74) is 0. The van der Waals surface area contributed by atoms with Crippen molar-refractivity contribution in [3.63, 3.8) is 0 Å². The van der Waals surface area contributed by atoms with Gasteiger partial charge in [-0.2, -0.15) is 0 Å². The largest absolute Gasteiger partial charge is 0.465 e. The maximum Gasteiger partial charge on any atom is 0.151 e. The minimum Gasteiger partial charge on any atom is -0.465 e. The third-order valence-electron chi connectivity index (χ3n) is 1.92. The van der Waals surface area contributed by atoms with Crippen LogP contribution < -0.4 is 0 Å². The molecule has 0 aromatic carbocycles. The van der Waals surface area contributed by atoms with Gasteiger partial charge < -0.3 is 9.52 Å². The lowest BCUT2D eigenvalue weighted by Gasteiger charge is -2.04. The van der Waals surface area contributed by atoms with E-state index in [1.807, 2.05) is 19.1 Å². The van der Waals surface area contributed by atoms with E-state index >= 15 is 0 Å². The van der Waals surface area contributed by atoms with E-state index in [1.54, 1.807) is 23.7 Å². The summed E-state index contributed by atoms with van der Waals surface area (Å²) < 4.78 is 6.00. The van der Waals surface area contributed by atoms with E-state index in [2.05, 4.69) is 15.9 Å². The van der Waals surface area contributed by atoms with Gasteiger partial charge in [0.2, 0.25) is 0 Å². The number of aliphatic hydroxyl groups is 1. The zero-order valence-electron chi connectivity index (χ0n) is 7.53. The summed E-state index contributed by atoms with van der Waals surface area (Å²) in [4.78, 5) is 2.08. The second-order valence-electron chi connectivity index (χ2n) is 2.98. The highest BCUT2D eigenvalue weighted by Gasteiger charge is 2.18. The molecule has 74 valence electrons. The molecular formula is C10H9BrO2S. The first-order chi connectivity index (χ1) is 6.68. The van der Waals surface area contributed by atoms with Gasteiger partial charge in [-0.1, -0.05) is 0 Å². The van der Waals surface area contributed by atoms with E-state index in [1.165, 1.54) is 4.88 Å². The van der Waals surface area contributed by atoms with E-state index in [-0.39, 0.29) is 0 Å². The van der Waals surface area contributed by atoms with Crippen molar-refractivity contribution in [1.29, 1.82) is 0 Å². The Labute approximate surface area is 94.3 Å². The Morgan fingerprint density at radius 3 is 2.71 bits per heavy atom. The minimum atomic E-state index is -0.668. The number of thiophene rings is 1. The topological polar surface area (TPSA) is 33.4 Å². The predicted octanol–water partition coefficient (Wildman–Crippen LogP) is 3.49. The molecule has 1 unspecified atom stereocenters. The molecule has 2 aromatic rings. The number of aliphatic hydroxyl groups excluding tert-OH is 1. The monoisotopic (exact) mass is 272 g/mol. The van der Waals surface area contributed by atoms with Gasteiger partial charge in [-0.05, 0) is 41.1 Å². The van der Waals surface area contributed by atoms with Crippen LogP contribution >= 0.6 is 27.3 Å². The van der Waals surface area contributed by atoms with E-state index in [0.717, 1.165) is 9.35 Å². The molecule has 2 heterocycles. The normalized spacial score (nSPS) is 13.1. The van der Waals surface area contributed by atoms with Crippen LogP contribution in [-0.4, -0.2) is 5.11 Å². The molecule has 0 aliphatic heterocycles. The minimum absolute atomic E-state index is 0.562. The third kappa shape index (κ3) is 1.78. The van der Waals surface area contributed by atoms with Gasteiger partial charge in [0.15, 0.2) is 5.76 Å². The second-order valence-corrected chi connectivity index (χ2v) is 5.16. The van der Waals surface area contributed by atoms with Crippen LogP contribution in [0.1, 0.15) is 21.6 Å². The summed E-state index contributed by atoms with van der Waals surface area (Å²) in [5, 5.41) is 9.96. The fourth-order valence-electron chi connectivity index (χ4n) is 1.23. The fraction of sp³-hybridized carbons (Fsp3) is 0.200. The zero-order chi connectivity index (χ0) is 10.1. The van der Waals surface area contributed by atoms with Gasteiger partial charge in [0.05, 0.1) is 10.7 Å². The average Bonchev–Trinajstić information content (AvgIpc) is 2.73. The second kappa shape index (κ2) is 3.88. The van der Waals surface area contributed by atoms with Crippen LogP contribution in [0, 0.1) is 6.92 Å². The highest BCUT2D eigenvalue weighted by atomic mass is 79.9. The molecular weight excluding hydrogens is 264 g/mol. The van der Waals surface area contributed by atoms with Gasteiger partial charge >= 0.3 is 0 Å². The molecule has 0 saturated heterocycles. The number of hydrogen-bond donors (Lipinski definition) is 1. The van der Waals surface area contributed by atoms with Crippen molar-refractivity contribution in [2.75, 3.05) is 0 Å². The van der Waals surface area contributed by atoms with Crippen molar-refractivity contribution < 1.29 is 9.52 Å². The van der Waals surface area contributed by atoms with Crippen molar-refractivity contribution in [2.45, 2.75) is 13.0 Å². The molecule has 1 N–H and O–H groups in total. The lowest BCUT2D eigenvalue weighted by atomic mass is 10.2. The van der Waals surface area contributed by atoms with Gasteiger partial charge in [-0.25, -0.2) is 0 Å². The predicted molar refractivity (Wildman–Crippen MR) is 59.5 cm³/mol. The number of furan rings is 1. The standard InChI is InChI=1S/C10H9BrO2S/c1-6-2-3-8(14-6)9(12)10-7(11)4-5-13-10/h2-5,9,12H,1H3. The molecule has 14 heavy (non-hydrogen) atoms. The summed E-state index contributed by atoms with van der Waals surface area (Å²) in [6.45, 7) is 2.01. The molecule has 0 spiro atoms. The first-order valence-electron chi connectivity index (χ1n) is 4.16. The van der Waals surface area contributed by atoms with Crippen LogP contribution in [0.2, 0.25) is 0 Å². The van der Waals surface area contributed by atoms with Crippen molar-refractivity contribution in [1.82, 2.24) is 0 Å². The molecule has 0 fully saturated rings. The van der Waals surface area contributed by atoms with Crippen LogP contribution in [0.4, 0.5) is 0 Å². The van der Waals surface area contributed by atoms with E-state index in [0.29, 0.717) is 5.76 Å². The first kappa shape index (κ1) is 9.96. The maximum atomic E-state index is 9.96. The summed E-state index contributed by atoms with van der Waals surface area (Å²) in [6, 6.07) is 5.68. The van der Waals surface area contributed by atoms with Crippen molar-refractivity contribution in [3.8, 4) is 0 Å². The van der Waals surface area contributed by atoms with Crippen molar-refractivity contribution >= 4 is 27.3 Å². The van der Waals surface area contributed by atoms with Crippen LogP contribution in [0.3, 0.4) is 0 Å². The maximum absolute atomic E-state index is 9.96. The highest BCUT2D eigenvalue weighted by Crippen LogP contribution is 2.32.